The van der Waals surface area contributed by atoms with Crippen molar-refractivity contribution in [3.8, 4) is 0 Å². The molecule has 0 fully saturated rings. The molecule has 17 heavy (non-hydrogen) atoms. The Bertz CT molecular complexity index is 304. The Balaban J connectivity index is 2.05. The minimum absolute atomic E-state index is 0.531. The average molecular weight is 257 g/mol. The number of rotatable bonds is 9. The van der Waals surface area contributed by atoms with E-state index in [1.54, 1.807) is 11.8 Å². The average Bonchev–Trinajstić information content (AvgIpc) is 2.69. The van der Waals surface area contributed by atoms with Gasteiger partial charge in [-0.15, -0.1) is 0 Å². The number of nitrogens with one attached hydrogen (secondary N) is 1. The molecule has 0 spiro atoms. The van der Waals surface area contributed by atoms with Crippen LogP contribution in [-0.4, -0.2) is 41.1 Å². The molecule has 0 aliphatic heterocycles. The summed E-state index contributed by atoms with van der Waals surface area (Å²) in [5.74, 6) is 0. The highest BCUT2D eigenvalue weighted by Crippen LogP contribution is 2.19. The molecule has 5 heteroatoms. The maximum absolute atomic E-state index is 5.28. The molecule has 0 aliphatic carbocycles. The first-order valence-corrected chi connectivity index (χ1v) is 7.04. The maximum Gasteiger partial charge on any atom is 0.167 e. The summed E-state index contributed by atoms with van der Waals surface area (Å²) in [4.78, 5) is 4.30. The third-order valence-electron chi connectivity index (χ3n) is 2.36. The minimum atomic E-state index is 0.531. The fourth-order valence-corrected chi connectivity index (χ4v) is 2.35. The van der Waals surface area contributed by atoms with E-state index >= 15 is 0 Å². The van der Waals surface area contributed by atoms with Gasteiger partial charge < -0.3 is 14.6 Å². The van der Waals surface area contributed by atoms with Crippen molar-refractivity contribution in [3.05, 3.63) is 12.4 Å². The SMILES string of the molecule is CCOCCCNCC(C)Sc1nccn1C. The number of hydrogen-bond donors (Lipinski definition) is 1. The lowest BCUT2D eigenvalue weighted by atomic mass is 10.4. The molecule has 1 aromatic rings. The number of aryl methyl sites for hydroxylation is 1. The predicted molar refractivity (Wildman–Crippen MR) is 72.5 cm³/mol. The summed E-state index contributed by atoms with van der Waals surface area (Å²) in [7, 11) is 2.03. The summed E-state index contributed by atoms with van der Waals surface area (Å²) in [6, 6.07) is 0. The molecule has 0 saturated heterocycles. The second-order valence-corrected chi connectivity index (χ2v) is 5.41. The van der Waals surface area contributed by atoms with E-state index in [0.29, 0.717) is 5.25 Å². The molecular weight excluding hydrogens is 234 g/mol. The molecule has 98 valence electrons. The normalized spacial score (nSPS) is 12.9. The van der Waals surface area contributed by atoms with Gasteiger partial charge in [0, 0.05) is 44.4 Å². The minimum Gasteiger partial charge on any atom is -0.382 e. The quantitative estimate of drug-likeness (QED) is 0.542. The van der Waals surface area contributed by atoms with Gasteiger partial charge in [0.15, 0.2) is 5.16 Å². The molecule has 1 unspecified atom stereocenters. The van der Waals surface area contributed by atoms with Crippen LogP contribution in [-0.2, 0) is 11.8 Å². The van der Waals surface area contributed by atoms with E-state index in [1.807, 2.05) is 26.4 Å². The molecule has 0 aliphatic rings. The van der Waals surface area contributed by atoms with E-state index in [9.17, 15) is 0 Å². The number of ether oxygens (including phenoxy) is 1. The fraction of sp³-hybridized carbons (Fsp3) is 0.750. The number of thioether (sulfide) groups is 1. The summed E-state index contributed by atoms with van der Waals surface area (Å²) in [6.07, 6.45) is 4.89. The predicted octanol–water partition coefficient (Wildman–Crippen LogP) is 1.92. The Labute approximate surface area is 108 Å². The number of nitrogens with zero attached hydrogens (tertiary/aromatic N) is 2. The Kier molecular flexibility index (Phi) is 7.32. The molecule has 0 amide bonds. The van der Waals surface area contributed by atoms with Crippen molar-refractivity contribution in [2.75, 3.05) is 26.3 Å². The van der Waals surface area contributed by atoms with Crippen molar-refractivity contribution in [2.45, 2.75) is 30.7 Å². The first-order valence-electron chi connectivity index (χ1n) is 6.16. The van der Waals surface area contributed by atoms with Crippen molar-refractivity contribution in [1.82, 2.24) is 14.9 Å². The van der Waals surface area contributed by atoms with E-state index in [-0.39, 0.29) is 0 Å². The molecule has 1 rings (SSSR count). The van der Waals surface area contributed by atoms with Crippen molar-refractivity contribution in [2.24, 2.45) is 7.05 Å². The van der Waals surface area contributed by atoms with Crippen LogP contribution in [0.25, 0.3) is 0 Å². The van der Waals surface area contributed by atoms with Crippen LogP contribution in [0.15, 0.2) is 17.6 Å². The van der Waals surface area contributed by atoms with Crippen molar-refractivity contribution in [3.63, 3.8) is 0 Å². The summed E-state index contributed by atoms with van der Waals surface area (Å²) in [5.41, 5.74) is 0. The van der Waals surface area contributed by atoms with Gasteiger partial charge in [0.1, 0.15) is 0 Å². The van der Waals surface area contributed by atoms with Crippen LogP contribution in [0.2, 0.25) is 0 Å². The van der Waals surface area contributed by atoms with Crippen LogP contribution >= 0.6 is 11.8 Å². The van der Waals surface area contributed by atoms with Gasteiger partial charge in [-0.2, -0.15) is 0 Å². The largest absolute Gasteiger partial charge is 0.382 e. The molecule has 4 nitrogen and oxygen atoms in total. The number of hydrogen-bond acceptors (Lipinski definition) is 4. The highest BCUT2D eigenvalue weighted by atomic mass is 32.2. The number of aromatic nitrogens is 2. The standard InChI is InChI=1S/C12H23N3OS/c1-4-16-9-5-6-13-10-11(2)17-12-14-7-8-15(12)3/h7-8,11,13H,4-6,9-10H2,1-3H3. The van der Waals surface area contributed by atoms with E-state index in [2.05, 4.69) is 21.8 Å². The molecule has 1 aromatic heterocycles. The van der Waals surface area contributed by atoms with Crippen molar-refractivity contribution in [1.29, 1.82) is 0 Å². The molecule has 1 atom stereocenters. The van der Waals surface area contributed by atoms with Gasteiger partial charge in [-0.05, 0) is 19.9 Å². The van der Waals surface area contributed by atoms with Crippen LogP contribution < -0.4 is 5.32 Å². The third-order valence-corrected chi connectivity index (χ3v) is 3.53. The van der Waals surface area contributed by atoms with Gasteiger partial charge in [-0.1, -0.05) is 18.7 Å². The summed E-state index contributed by atoms with van der Waals surface area (Å²) >= 11 is 1.80. The maximum atomic E-state index is 5.28. The highest BCUT2D eigenvalue weighted by molar-refractivity contribution is 7.99. The van der Waals surface area contributed by atoms with Gasteiger partial charge in [-0.3, -0.25) is 0 Å². The second kappa shape index (κ2) is 8.55. The Hall–Kier alpha value is -0.520. The van der Waals surface area contributed by atoms with Gasteiger partial charge in [-0.25, -0.2) is 4.98 Å². The topological polar surface area (TPSA) is 39.1 Å². The monoisotopic (exact) mass is 257 g/mol. The van der Waals surface area contributed by atoms with E-state index in [4.69, 9.17) is 4.74 Å². The lowest BCUT2D eigenvalue weighted by Gasteiger charge is -2.11. The smallest absolute Gasteiger partial charge is 0.167 e. The molecule has 0 radical (unpaired) electrons. The Morgan fingerprint density at radius 2 is 2.41 bits per heavy atom. The summed E-state index contributed by atoms with van der Waals surface area (Å²) in [6.45, 7) is 7.93. The lowest BCUT2D eigenvalue weighted by Crippen LogP contribution is -2.24. The summed E-state index contributed by atoms with van der Waals surface area (Å²) in [5, 5.41) is 5.05. The molecule has 0 saturated carbocycles. The molecule has 0 bridgehead atoms. The number of imidazole rings is 1. The molecular formula is C12H23N3OS. The van der Waals surface area contributed by atoms with Gasteiger partial charge in [0.2, 0.25) is 0 Å². The third kappa shape index (κ3) is 6.10. The summed E-state index contributed by atoms with van der Waals surface area (Å²) < 4.78 is 7.33. The first kappa shape index (κ1) is 14.5. The van der Waals surface area contributed by atoms with E-state index in [0.717, 1.165) is 37.9 Å². The second-order valence-electron chi connectivity index (χ2n) is 4.00. The van der Waals surface area contributed by atoms with Crippen molar-refractivity contribution >= 4 is 11.8 Å². The molecule has 1 heterocycles. The first-order chi connectivity index (χ1) is 8.24. The van der Waals surface area contributed by atoms with Gasteiger partial charge in [0.25, 0.3) is 0 Å². The van der Waals surface area contributed by atoms with Crippen LogP contribution in [0.3, 0.4) is 0 Å². The fourth-order valence-electron chi connectivity index (χ4n) is 1.44. The Morgan fingerprint density at radius 3 is 3.06 bits per heavy atom. The molecule has 0 aromatic carbocycles. The van der Waals surface area contributed by atoms with Crippen LogP contribution in [0.5, 0.6) is 0 Å². The van der Waals surface area contributed by atoms with Gasteiger partial charge in [0.05, 0.1) is 0 Å². The van der Waals surface area contributed by atoms with Crippen LogP contribution in [0, 0.1) is 0 Å². The van der Waals surface area contributed by atoms with E-state index < -0.39 is 0 Å². The van der Waals surface area contributed by atoms with E-state index in [1.165, 1.54) is 0 Å². The zero-order valence-corrected chi connectivity index (χ0v) is 11.8. The molecule has 1 N–H and O–H groups in total. The zero-order valence-electron chi connectivity index (χ0n) is 11.0. The highest BCUT2D eigenvalue weighted by Gasteiger charge is 2.07. The Morgan fingerprint density at radius 1 is 1.59 bits per heavy atom. The van der Waals surface area contributed by atoms with Gasteiger partial charge >= 0.3 is 0 Å². The van der Waals surface area contributed by atoms with Crippen molar-refractivity contribution < 1.29 is 4.74 Å². The van der Waals surface area contributed by atoms with Crippen LogP contribution in [0.4, 0.5) is 0 Å². The lowest BCUT2D eigenvalue weighted by molar-refractivity contribution is 0.145. The van der Waals surface area contributed by atoms with Crippen LogP contribution in [0.1, 0.15) is 20.3 Å². The zero-order chi connectivity index (χ0) is 12.5.